The van der Waals surface area contributed by atoms with Crippen molar-refractivity contribution in [3.8, 4) is 0 Å². The molecule has 43 heavy (non-hydrogen) atoms. The molecule has 0 spiro atoms. The average Bonchev–Trinajstić information content (AvgIpc) is 2.94. The van der Waals surface area contributed by atoms with Crippen LogP contribution in [0.4, 0.5) is 28.9 Å². The Hall–Kier alpha value is -2.19. The number of benzene rings is 2. The van der Waals surface area contributed by atoms with Gasteiger partial charge in [0.2, 0.25) is 11.8 Å². The number of hydrogen-bond acceptors (Lipinski definition) is 2. The zero-order valence-electron chi connectivity index (χ0n) is 27.1. The third-order valence-corrected chi connectivity index (χ3v) is 7.65. The van der Waals surface area contributed by atoms with E-state index in [0.29, 0.717) is 25.9 Å². The predicted molar refractivity (Wildman–Crippen MR) is 162 cm³/mol. The van der Waals surface area contributed by atoms with Crippen LogP contribution in [0.25, 0.3) is 0 Å². The van der Waals surface area contributed by atoms with Crippen LogP contribution < -0.4 is 9.80 Å². The van der Waals surface area contributed by atoms with E-state index in [0.717, 1.165) is 50.7 Å². The van der Waals surface area contributed by atoms with Gasteiger partial charge < -0.3 is 9.80 Å². The first kappa shape index (κ1) is 40.8. The van der Waals surface area contributed by atoms with Crippen molar-refractivity contribution >= 4 is 23.2 Å². The summed E-state index contributed by atoms with van der Waals surface area (Å²) >= 11 is 0. The van der Waals surface area contributed by atoms with Crippen LogP contribution in [-0.4, -0.2) is 24.9 Å². The van der Waals surface area contributed by atoms with Crippen molar-refractivity contribution in [1.82, 2.24) is 0 Å². The van der Waals surface area contributed by atoms with Crippen molar-refractivity contribution in [2.75, 3.05) is 22.9 Å². The van der Waals surface area contributed by atoms with Gasteiger partial charge in [-0.15, -0.1) is 36.4 Å². The Bertz CT molecular complexity index is 1070. The molecule has 0 aliphatic rings. The fourth-order valence-corrected chi connectivity index (χ4v) is 4.02. The second-order valence-corrected chi connectivity index (χ2v) is 11.8. The normalized spacial score (nSPS) is 11.3. The molecule has 0 saturated carbocycles. The van der Waals surface area contributed by atoms with Crippen LogP contribution in [0.2, 0.25) is 0 Å². The van der Waals surface area contributed by atoms with Crippen LogP contribution in [0.15, 0.2) is 24.3 Å². The Morgan fingerprint density at radius 3 is 1.21 bits per heavy atom. The fraction of sp³-hybridized carbons (Fsp3) is 0.588. The number of rotatable bonds is 14. The van der Waals surface area contributed by atoms with Gasteiger partial charge in [0.1, 0.15) is 0 Å². The smallest absolute Gasteiger partial charge is 0.363 e. The van der Waals surface area contributed by atoms with Gasteiger partial charge in [-0.1, -0.05) is 81.1 Å². The van der Waals surface area contributed by atoms with Crippen molar-refractivity contribution in [2.45, 2.75) is 107 Å². The zero-order chi connectivity index (χ0) is 32.1. The molecule has 0 saturated heterocycles. The van der Waals surface area contributed by atoms with E-state index in [4.69, 9.17) is 0 Å². The Morgan fingerprint density at radius 1 is 0.628 bits per heavy atom. The standard InChI is InChI=1S/2C17H24F2NO.Ti/c2*1-5-7-8-11-20(16(21)17(3,4)6-2)15-10-9-13(18)12-14(15)19;/h2*9-10H,5-8,11H2,1-4H3;/q2*-1;+2. The van der Waals surface area contributed by atoms with E-state index in [1.807, 2.05) is 53.7 Å². The minimum Gasteiger partial charge on any atom is -0.363 e. The summed E-state index contributed by atoms with van der Waals surface area (Å²) in [4.78, 5) is 28.2. The van der Waals surface area contributed by atoms with Crippen LogP contribution in [0, 0.1) is 46.2 Å². The van der Waals surface area contributed by atoms with Gasteiger partial charge in [0.05, 0.1) is 0 Å². The second kappa shape index (κ2) is 19.3. The zero-order valence-corrected chi connectivity index (χ0v) is 28.7. The molecule has 0 radical (unpaired) electrons. The molecule has 0 aromatic heterocycles. The van der Waals surface area contributed by atoms with Gasteiger partial charge in [-0.25, -0.2) is 17.6 Å². The van der Waals surface area contributed by atoms with Crippen LogP contribution >= 0.6 is 0 Å². The molecule has 0 N–H and O–H groups in total. The molecule has 0 aliphatic carbocycles. The van der Waals surface area contributed by atoms with E-state index in [-0.39, 0.29) is 44.9 Å². The summed E-state index contributed by atoms with van der Waals surface area (Å²) in [5.41, 5.74) is -0.932. The molecular formula is C34H48F4N2O2Ti. The van der Waals surface area contributed by atoms with E-state index >= 15 is 0 Å². The average molecular weight is 641 g/mol. The molecule has 2 rings (SSSR count). The molecule has 2 aromatic carbocycles. The summed E-state index contributed by atoms with van der Waals surface area (Å²) in [6.45, 7) is 16.2. The number of carbonyl (C=O) groups excluding carboxylic acids is 2. The van der Waals surface area contributed by atoms with Gasteiger partial charge in [0, 0.05) is 47.2 Å². The molecule has 2 amide bonds. The summed E-state index contributed by atoms with van der Waals surface area (Å²) < 4.78 is 54.0. The van der Waals surface area contributed by atoms with E-state index in [1.54, 1.807) is 0 Å². The number of halogens is 4. The first-order valence-electron chi connectivity index (χ1n) is 15.0. The summed E-state index contributed by atoms with van der Waals surface area (Å²) in [6.07, 6.45) is 6.84. The van der Waals surface area contributed by atoms with Crippen LogP contribution in [0.1, 0.15) is 107 Å². The number of amides is 2. The van der Waals surface area contributed by atoms with E-state index in [9.17, 15) is 27.2 Å². The molecule has 0 heterocycles. The van der Waals surface area contributed by atoms with Gasteiger partial charge in [-0.3, -0.25) is 9.59 Å². The number of unbranched alkanes of at least 4 members (excludes halogenated alkanes) is 4. The summed E-state index contributed by atoms with van der Waals surface area (Å²) in [7, 11) is 0. The number of hydrogen-bond donors (Lipinski definition) is 0. The van der Waals surface area contributed by atoms with Gasteiger partial charge in [0.25, 0.3) is 0 Å². The van der Waals surface area contributed by atoms with E-state index < -0.39 is 34.1 Å². The quantitative estimate of drug-likeness (QED) is 0.0894. The van der Waals surface area contributed by atoms with E-state index in [1.165, 1.54) is 21.9 Å². The van der Waals surface area contributed by atoms with Crippen LogP contribution in [0.5, 0.6) is 0 Å². The molecule has 0 atom stereocenters. The third-order valence-electron chi connectivity index (χ3n) is 7.65. The maximum atomic E-state index is 14.0. The second-order valence-electron chi connectivity index (χ2n) is 11.8. The molecule has 238 valence electrons. The molecule has 0 aliphatic heterocycles. The van der Waals surface area contributed by atoms with Crippen LogP contribution in [-0.2, 0) is 31.3 Å². The fourth-order valence-electron chi connectivity index (χ4n) is 4.02. The Labute approximate surface area is 271 Å². The van der Waals surface area contributed by atoms with Crippen molar-refractivity contribution < 1.29 is 48.9 Å². The Kier molecular flexibility index (Phi) is 18.3. The number of nitrogens with zero attached hydrogens (tertiary/aromatic N) is 2. The van der Waals surface area contributed by atoms with Crippen molar-refractivity contribution in [2.24, 2.45) is 10.8 Å². The molecular weight excluding hydrogens is 592 g/mol. The Balaban J connectivity index is 0.000000802. The Morgan fingerprint density at radius 2 is 0.953 bits per heavy atom. The molecule has 9 heteroatoms. The minimum atomic E-state index is -0.813. The molecule has 0 fully saturated rings. The third kappa shape index (κ3) is 12.4. The summed E-state index contributed by atoms with van der Waals surface area (Å²) in [6, 6.07) is 8.92. The summed E-state index contributed by atoms with van der Waals surface area (Å²) in [5, 5.41) is 0. The monoisotopic (exact) mass is 640 g/mol. The first-order chi connectivity index (χ1) is 19.7. The van der Waals surface area contributed by atoms with Gasteiger partial charge in [0.15, 0.2) is 0 Å². The molecule has 4 nitrogen and oxygen atoms in total. The minimum absolute atomic E-state index is 0. The topological polar surface area (TPSA) is 40.6 Å². The maximum Gasteiger partial charge on any atom is 2.00 e. The van der Waals surface area contributed by atoms with Crippen molar-refractivity contribution in [1.29, 1.82) is 0 Å². The summed E-state index contributed by atoms with van der Waals surface area (Å²) in [5.74, 6) is -3.42. The van der Waals surface area contributed by atoms with E-state index in [2.05, 4.69) is 13.8 Å². The van der Waals surface area contributed by atoms with Crippen molar-refractivity contribution in [3.05, 3.63) is 59.7 Å². The number of carbonyl (C=O) groups is 2. The van der Waals surface area contributed by atoms with Gasteiger partial charge >= 0.3 is 21.7 Å². The van der Waals surface area contributed by atoms with Crippen molar-refractivity contribution in [3.63, 3.8) is 0 Å². The maximum absolute atomic E-state index is 14.0. The molecule has 0 bridgehead atoms. The van der Waals surface area contributed by atoms with Gasteiger partial charge in [-0.2, -0.15) is 0 Å². The van der Waals surface area contributed by atoms with Gasteiger partial charge in [-0.05, 0) is 37.1 Å². The molecule has 0 unspecified atom stereocenters. The van der Waals surface area contributed by atoms with Crippen LogP contribution in [0.3, 0.4) is 0 Å². The SMILES string of the molecule is CCCCCN(C(=O)C(C)(C)CC)c1ccc(F)[c-]c1F.CCCCCN(C(=O)C(C)(C)CC)c1ccc(F)[c-]c1F.[Ti+2]. The first-order valence-corrected chi connectivity index (χ1v) is 15.0. The largest absolute Gasteiger partial charge is 2.00 e. The number of anilines is 2. The predicted octanol–water partition coefficient (Wildman–Crippen LogP) is 9.45. The molecule has 2 aromatic rings.